The number of aromatic nitrogens is 1. The van der Waals surface area contributed by atoms with Crippen molar-refractivity contribution in [2.45, 2.75) is 44.5 Å². The smallest absolute Gasteiger partial charge is 0.123 e. The lowest BCUT2D eigenvalue weighted by Crippen LogP contribution is -2.27. The SMILES string of the molecule is COC1CCCC(OCc2ccnc(N)c2)C1. The van der Waals surface area contributed by atoms with Crippen molar-refractivity contribution in [3.8, 4) is 0 Å². The molecule has 1 heterocycles. The van der Waals surface area contributed by atoms with E-state index in [0.29, 0.717) is 24.6 Å². The molecule has 2 rings (SSSR count). The Kier molecular flexibility index (Phi) is 4.34. The van der Waals surface area contributed by atoms with Gasteiger partial charge in [-0.3, -0.25) is 0 Å². The van der Waals surface area contributed by atoms with Crippen molar-refractivity contribution in [1.29, 1.82) is 0 Å². The van der Waals surface area contributed by atoms with Crippen LogP contribution in [0.5, 0.6) is 0 Å². The van der Waals surface area contributed by atoms with Gasteiger partial charge in [0.2, 0.25) is 0 Å². The molecule has 1 aliphatic rings. The Morgan fingerprint density at radius 1 is 1.41 bits per heavy atom. The summed E-state index contributed by atoms with van der Waals surface area (Å²) in [5.74, 6) is 0.546. The first-order valence-electron chi connectivity index (χ1n) is 6.12. The molecule has 2 unspecified atom stereocenters. The van der Waals surface area contributed by atoms with E-state index in [1.165, 1.54) is 6.42 Å². The van der Waals surface area contributed by atoms with Crippen LogP contribution in [0.1, 0.15) is 31.2 Å². The quantitative estimate of drug-likeness (QED) is 0.870. The number of anilines is 1. The third-order valence-corrected chi connectivity index (χ3v) is 3.24. The third-order valence-electron chi connectivity index (χ3n) is 3.24. The Labute approximate surface area is 102 Å². The van der Waals surface area contributed by atoms with Gasteiger partial charge in [0.25, 0.3) is 0 Å². The van der Waals surface area contributed by atoms with Gasteiger partial charge in [-0.1, -0.05) is 0 Å². The third kappa shape index (κ3) is 3.68. The van der Waals surface area contributed by atoms with Crippen molar-refractivity contribution in [1.82, 2.24) is 4.98 Å². The van der Waals surface area contributed by atoms with Gasteiger partial charge in [-0.2, -0.15) is 0 Å². The summed E-state index contributed by atoms with van der Waals surface area (Å²) in [6, 6.07) is 3.80. The van der Waals surface area contributed by atoms with Crippen LogP contribution in [0.25, 0.3) is 0 Å². The number of ether oxygens (including phenoxy) is 2. The molecule has 4 heteroatoms. The van der Waals surface area contributed by atoms with Gasteiger partial charge in [0.05, 0.1) is 18.8 Å². The van der Waals surface area contributed by atoms with Crippen LogP contribution in [0.3, 0.4) is 0 Å². The van der Waals surface area contributed by atoms with Crippen LogP contribution < -0.4 is 5.73 Å². The lowest BCUT2D eigenvalue weighted by atomic mass is 9.95. The molecule has 2 N–H and O–H groups in total. The summed E-state index contributed by atoms with van der Waals surface area (Å²) in [5, 5.41) is 0. The minimum absolute atomic E-state index is 0.308. The highest BCUT2D eigenvalue weighted by Crippen LogP contribution is 2.23. The first-order valence-corrected chi connectivity index (χ1v) is 6.12. The van der Waals surface area contributed by atoms with Gasteiger partial charge in [-0.15, -0.1) is 0 Å². The summed E-state index contributed by atoms with van der Waals surface area (Å²) in [4.78, 5) is 3.96. The van der Waals surface area contributed by atoms with Crippen molar-refractivity contribution in [3.05, 3.63) is 23.9 Å². The molecule has 0 saturated heterocycles. The van der Waals surface area contributed by atoms with E-state index in [0.717, 1.165) is 24.8 Å². The van der Waals surface area contributed by atoms with Crippen LogP contribution >= 0.6 is 0 Å². The van der Waals surface area contributed by atoms with Crippen LogP contribution in [0, 0.1) is 0 Å². The van der Waals surface area contributed by atoms with Crippen LogP contribution in [0.15, 0.2) is 18.3 Å². The van der Waals surface area contributed by atoms with E-state index in [9.17, 15) is 0 Å². The molecular formula is C13H20N2O2. The van der Waals surface area contributed by atoms with Crippen molar-refractivity contribution in [2.24, 2.45) is 0 Å². The maximum atomic E-state index is 5.89. The number of nitrogens with zero attached hydrogens (tertiary/aromatic N) is 1. The molecule has 1 saturated carbocycles. The Bertz CT molecular complexity index is 357. The zero-order valence-electron chi connectivity index (χ0n) is 10.3. The number of pyridine rings is 1. The highest BCUT2D eigenvalue weighted by Gasteiger charge is 2.22. The lowest BCUT2D eigenvalue weighted by Gasteiger charge is -2.28. The largest absolute Gasteiger partial charge is 0.384 e. The Hall–Kier alpha value is -1.13. The van der Waals surface area contributed by atoms with Crippen molar-refractivity contribution < 1.29 is 9.47 Å². The van der Waals surface area contributed by atoms with Gasteiger partial charge >= 0.3 is 0 Å². The Morgan fingerprint density at radius 2 is 2.24 bits per heavy atom. The molecule has 1 aromatic heterocycles. The molecule has 0 aliphatic heterocycles. The van der Waals surface area contributed by atoms with E-state index in [1.54, 1.807) is 13.3 Å². The average Bonchev–Trinajstić information content (AvgIpc) is 2.37. The topological polar surface area (TPSA) is 57.4 Å². The fourth-order valence-electron chi connectivity index (χ4n) is 2.27. The minimum atomic E-state index is 0.308. The molecule has 4 nitrogen and oxygen atoms in total. The summed E-state index contributed by atoms with van der Waals surface area (Å²) in [5.41, 5.74) is 6.70. The van der Waals surface area contributed by atoms with Crippen LogP contribution in [-0.4, -0.2) is 24.3 Å². The molecular weight excluding hydrogens is 216 g/mol. The van der Waals surface area contributed by atoms with Gasteiger partial charge < -0.3 is 15.2 Å². The predicted molar refractivity (Wildman–Crippen MR) is 66.5 cm³/mol. The summed E-state index contributed by atoms with van der Waals surface area (Å²) >= 11 is 0. The maximum Gasteiger partial charge on any atom is 0.123 e. The first kappa shape index (κ1) is 12.3. The second-order valence-corrected chi connectivity index (χ2v) is 4.55. The minimum Gasteiger partial charge on any atom is -0.384 e. The summed E-state index contributed by atoms with van der Waals surface area (Å²) in [7, 11) is 1.77. The second kappa shape index (κ2) is 5.98. The van der Waals surface area contributed by atoms with E-state index < -0.39 is 0 Å². The molecule has 0 bridgehead atoms. The van der Waals surface area contributed by atoms with Gasteiger partial charge in [-0.25, -0.2) is 4.98 Å². The van der Waals surface area contributed by atoms with Crippen molar-refractivity contribution in [2.75, 3.05) is 12.8 Å². The number of hydrogen-bond acceptors (Lipinski definition) is 4. The monoisotopic (exact) mass is 236 g/mol. The summed E-state index contributed by atoms with van der Waals surface area (Å²) in [6.07, 6.45) is 6.84. The fourth-order valence-corrected chi connectivity index (χ4v) is 2.27. The van der Waals surface area contributed by atoms with Gasteiger partial charge in [-0.05, 0) is 43.4 Å². The van der Waals surface area contributed by atoms with Gasteiger partial charge in [0, 0.05) is 13.3 Å². The second-order valence-electron chi connectivity index (χ2n) is 4.55. The molecule has 0 aromatic carbocycles. The first-order chi connectivity index (χ1) is 8.28. The number of nitrogens with two attached hydrogens (primary N) is 1. The molecule has 0 radical (unpaired) electrons. The van der Waals surface area contributed by atoms with Crippen LogP contribution in [0.4, 0.5) is 5.82 Å². The van der Waals surface area contributed by atoms with E-state index in [1.807, 2.05) is 12.1 Å². The fraction of sp³-hybridized carbons (Fsp3) is 0.615. The number of hydrogen-bond donors (Lipinski definition) is 1. The highest BCUT2D eigenvalue weighted by atomic mass is 16.5. The van der Waals surface area contributed by atoms with Crippen LogP contribution in [-0.2, 0) is 16.1 Å². The number of rotatable bonds is 4. The zero-order chi connectivity index (χ0) is 12.1. The molecule has 0 amide bonds. The van der Waals surface area contributed by atoms with Crippen molar-refractivity contribution >= 4 is 5.82 Å². The summed E-state index contributed by atoms with van der Waals surface area (Å²) in [6.45, 7) is 0.605. The van der Waals surface area contributed by atoms with E-state index in [2.05, 4.69) is 4.98 Å². The standard InChI is InChI=1S/C13H20N2O2/c1-16-11-3-2-4-12(8-11)17-9-10-5-6-15-13(14)7-10/h5-7,11-12H,2-4,8-9H2,1H3,(H2,14,15). The molecule has 2 atom stereocenters. The average molecular weight is 236 g/mol. The maximum absolute atomic E-state index is 5.89. The van der Waals surface area contributed by atoms with Gasteiger partial charge in [0.1, 0.15) is 5.82 Å². The molecule has 1 fully saturated rings. The molecule has 1 aromatic rings. The van der Waals surface area contributed by atoms with E-state index >= 15 is 0 Å². The Balaban J connectivity index is 1.81. The van der Waals surface area contributed by atoms with E-state index in [4.69, 9.17) is 15.2 Å². The summed E-state index contributed by atoms with van der Waals surface area (Å²) < 4.78 is 11.3. The zero-order valence-corrected chi connectivity index (χ0v) is 10.3. The molecule has 1 aliphatic carbocycles. The highest BCUT2D eigenvalue weighted by molar-refractivity contribution is 5.31. The Morgan fingerprint density at radius 3 is 3.00 bits per heavy atom. The van der Waals surface area contributed by atoms with Crippen molar-refractivity contribution in [3.63, 3.8) is 0 Å². The normalized spacial score (nSPS) is 24.8. The lowest BCUT2D eigenvalue weighted by molar-refractivity contribution is -0.0363. The van der Waals surface area contributed by atoms with Crippen LogP contribution in [0.2, 0.25) is 0 Å². The van der Waals surface area contributed by atoms with Gasteiger partial charge in [0.15, 0.2) is 0 Å². The number of methoxy groups -OCH3 is 1. The molecule has 0 spiro atoms. The predicted octanol–water partition coefficient (Wildman–Crippen LogP) is 2.14. The number of nitrogen functional groups attached to an aromatic ring is 1. The molecule has 94 valence electrons. The molecule has 17 heavy (non-hydrogen) atoms. The van der Waals surface area contributed by atoms with E-state index in [-0.39, 0.29) is 0 Å².